The molecule has 4 aromatic rings. The van der Waals surface area contributed by atoms with E-state index in [0.717, 1.165) is 5.56 Å². The zero-order chi connectivity index (χ0) is 19.8. The fraction of sp³-hybridized carbons (Fsp3) is 0.190. The molecule has 7 heteroatoms. The molecule has 0 spiro atoms. The molecule has 0 saturated heterocycles. The van der Waals surface area contributed by atoms with Crippen molar-refractivity contribution < 1.29 is 4.39 Å². The summed E-state index contributed by atoms with van der Waals surface area (Å²) in [5.41, 5.74) is 0.986. The van der Waals surface area contributed by atoms with Crippen molar-refractivity contribution in [3.8, 4) is 5.69 Å². The fourth-order valence-corrected chi connectivity index (χ4v) is 3.27. The van der Waals surface area contributed by atoms with Gasteiger partial charge >= 0.3 is 5.69 Å². The van der Waals surface area contributed by atoms with Gasteiger partial charge in [0.25, 0.3) is 5.56 Å². The lowest BCUT2D eigenvalue weighted by Gasteiger charge is -2.14. The number of halogens is 1. The lowest BCUT2D eigenvalue weighted by atomic mass is 10.2. The summed E-state index contributed by atoms with van der Waals surface area (Å²) in [4.78, 5) is 30.8. The number of benzene rings is 2. The van der Waals surface area contributed by atoms with Gasteiger partial charge in [0.1, 0.15) is 5.82 Å². The van der Waals surface area contributed by atoms with Crippen molar-refractivity contribution in [3.63, 3.8) is 0 Å². The second-order valence-corrected chi connectivity index (χ2v) is 6.89. The summed E-state index contributed by atoms with van der Waals surface area (Å²) >= 11 is 0. The minimum atomic E-state index is -0.512. The van der Waals surface area contributed by atoms with Crippen molar-refractivity contribution in [1.29, 1.82) is 0 Å². The van der Waals surface area contributed by atoms with Crippen molar-refractivity contribution in [2.45, 2.75) is 26.4 Å². The van der Waals surface area contributed by atoms with Gasteiger partial charge in [-0.1, -0.05) is 30.3 Å². The van der Waals surface area contributed by atoms with E-state index in [1.165, 1.54) is 33.4 Å². The molecule has 2 aromatic heterocycles. The largest absolute Gasteiger partial charge is 0.337 e. The van der Waals surface area contributed by atoms with E-state index in [2.05, 4.69) is 4.98 Å². The Morgan fingerprint density at radius 1 is 1.00 bits per heavy atom. The molecule has 0 atom stereocenters. The lowest BCUT2D eigenvalue weighted by molar-refractivity contribution is 0.607. The van der Waals surface area contributed by atoms with E-state index in [0.29, 0.717) is 11.2 Å². The summed E-state index contributed by atoms with van der Waals surface area (Å²) in [6, 6.07) is 14.9. The molecule has 0 amide bonds. The van der Waals surface area contributed by atoms with Crippen LogP contribution in [0.5, 0.6) is 0 Å². The molecule has 0 aliphatic rings. The van der Waals surface area contributed by atoms with E-state index in [4.69, 9.17) is 0 Å². The molecule has 0 aliphatic carbocycles. The summed E-state index contributed by atoms with van der Waals surface area (Å²) < 4.78 is 17.7. The van der Waals surface area contributed by atoms with Crippen molar-refractivity contribution in [2.75, 3.05) is 0 Å². The smallest absolute Gasteiger partial charge is 0.322 e. The summed E-state index contributed by atoms with van der Waals surface area (Å²) in [6.45, 7) is 4.02. The normalized spacial score (nSPS) is 11.4. The summed E-state index contributed by atoms with van der Waals surface area (Å²) in [5, 5.41) is 0. The van der Waals surface area contributed by atoms with Crippen LogP contribution in [-0.2, 0) is 6.54 Å². The number of nitrogens with zero attached hydrogens (tertiary/aromatic N) is 4. The molecule has 0 radical (unpaired) electrons. The summed E-state index contributed by atoms with van der Waals surface area (Å²) in [6.07, 6.45) is 1.56. The molecule has 0 fully saturated rings. The van der Waals surface area contributed by atoms with Crippen LogP contribution in [0.25, 0.3) is 16.9 Å². The molecule has 0 saturated carbocycles. The first-order chi connectivity index (χ1) is 13.5. The summed E-state index contributed by atoms with van der Waals surface area (Å²) in [5.74, 6) is -0.404. The highest BCUT2D eigenvalue weighted by molar-refractivity contribution is 5.72. The highest BCUT2D eigenvalue weighted by Gasteiger charge is 2.20. The topological polar surface area (TPSA) is 61.8 Å². The zero-order valence-corrected chi connectivity index (χ0v) is 15.5. The van der Waals surface area contributed by atoms with Crippen LogP contribution in [0.4, 0.5) is 4.39 Å². The van der Waals surface area contributed by atoms with Gasteiger partial charge in [-0.25, -0.2) is 18.7 Å². The van der Waals surface area contributed by atoms with Crippen LogP contribution in [0.2, 0.25) is 0 Å². The number of hydrogen-bond acceptors (Lipinski definition) is 3. The van der Waals surface area contributed by atoms with Crippen LogP contribution in [0, 0.1) is 5.82 Å². The van der Waals surface area contributed by atoms with Crippen molar-refractivity contribution in [3.05, 3.63) is 93.1 Å². The molecular formula is C21H19FN4O2. The summed E-state index contributed by atoms with van der Waals surface area (Å²) in [7, 11) is 0. The first-order valence-electron chi connectivity index (χ1n) is 8.99. The highest BCUT2D eigenvalue weighted by atomic mass is 19.1. The number of imidazole rings is 1. The van der Waals surface area contributed by atoms with Gasteiger partial charge in [0.2, 0.25) is 0 Å². The zero-order valence-electron chi connectivity index (χ0n) is 15.5. The van der Waals surface area contributed by atoms with Gasteiger partial charge in [-0.15, -0.1) is 0 Å². The van der Waals surface area contributed by atoms with Crippen LogP contribution in [0.3, 0.4) is 0 Å². The molecule has 0 unspecified atom stereocenters. The van der Waals surface area contributed by atoms with Crippen LogP contribution >= 0.6 is 0 Å². The maximum absolute atomic E-state index is 13.4. The van der Waals surface area contributed by atoms with E-state index in [-0.39, 0.29) is 18.2 Å². The second kappa shape index (κ2) is 6.92. The molecule has 0 aliphatic heterocycles. The Bertz CT molecular complexity index is 1250. The second-order valence-electron chi connectivity index (χ2n) is 6.89. The van der Waals surface area contributed by atoms with E-state index in [1.807, 2.05) is 44.2 Å². The monoisotopic (exact) mass is 378 g/mol. The highest BCUT2D eigenvalue weighted by Crippen LogP contribution is 2.17. The molecule has 0 bridgehead atoms. The van der Waals surface area contributed by atoms with Gasteiger partial charge in [0.15, 0.2) is 11.2 Å². The van der Waals surface area contributed by atoms with Crippen LogP contribution in [0.15, 0.2) is 70.5 Å². The number of fused-ring (bicyclic) bond motifs is 1. The predicted molar refractivity (Wildman–Crippen MR) is 105 cm³/mol. The third-order valence-electron chi connectivity index (χ3n) is 4.68. The minimum absolute atomic E-state index is 0.0120. The van der Waals surface area contributed by atoms with E-state index in [9.17, 15) is 14.0 Å². The Balaban J connectivity index is 2.06. The number of hydrogen-bond donors (Lipinski definition) is 0. The Labute approximate surface area is 160 Å². The van der Waals surface area contributed by atoms with E-state index in [1.54, 1.807) is 10.9 Å². The third-order valence-corrected chi connectivity index (χ3v) is 4.68. The SMILES string of the molecule is CC(C)n1cnc2c1c(=O)n(Cc1ccccc1)c(=O)n2-c1ccc(F)cc1. The fourth-order valence-electron chi connectivity index (χ4n) is 3.27. The van der Waals surface area contributed by atoms with E-state index < -0.39 is 17.1 Å². The Hall–Kier alpha value is -3.48. The van der Waals surface area contributed by atoms with Crippen molar-refractivity contribution in [2.24, 2.45) is 0 Å². The molecule has 6 nitrogen and oxygen atoms in total. The maximum Gasteiger partial charge on any atom is 0.337 e. The molecular weight excluding hydrogens is 359 g/mol. The molecule has 4 rings (SSSR count). The van der Waals surface area contributed by atoms with Crippen LogP contribution in [0.1, 0.15) is 25.5 Å². The first-order valence-corrected chi connectivity index (χ1v) is 8.99. The average Bonchev–Trinajstić information content (AvgIpc) is 3.13. The average molecular weight is 378 g/mol. The number of aromatic nitrogens is 4. The standard InChI is InChI=1S/C21H19FN4O2/c1-14(2)25-13-23-19-18(25)20(27)24(12-15-6-4-3-5-7-15)21(28)26(19)17-10-8-16(22)9-11-17/h3-11,13-14H,12H2,1-2H3. The predicted octanol–water partition coefficient (Wildman–Crippen LogP) is 3.12. The van der Waals surface area contributed by atoms with Gasteiger partial charge < -0.3 is 4.57 Å². The Kier molecular flexibility index (Phi) is 4.43. The van der Waals surface area contributed by atoms with Gasteiger partial charge in [0.05, 0.1) is 18.6 Å². The third kappa shape index (κ3) is 2.94. The van der Waals surface area contributed by atoms with Gasteiger partial charge in [0, 0.05) is 6.04 Å². The molecule has 142 valence electrons. The number of rotatable bonds is 4. The maximum atomic E-state index is 13.4. The van der Waals surface area contributed by atoms with Gasteiger partial charge in [-0.05, 0) is 43.7 Å². The van der Waals surface area contributed by atoms with E-state index >= 15 is 0 Å². The first kappa shape index (κ1) is 17.9. The van der Waals surface area contributed by atoms with Crippen molar-refractivity contribution >= 4 is 11.2 Å². The van der Waals surface area contributed by atoms with Crippen LogP contribution in [-0.4, -0.2) is 18.7 Å². The van der Waals surface area contributed by atoms with Crippen molar-refractivity contribution in [1.82, 2.24) is 18.7 Å². The Morgan fingerprint density at radius 3 is 2.32 bits per heavy atom. The minimum Gasteiger partial charge on any atom is -0.322 e. The molecule has 28 heavy (non-hydrogen) atoms. The molecule has 2 aromatic carbocycles. The lowest BCUT2D eigenvalue weighted by Crippen LogP contribution is -2.40. The quantitative estimate of drug-likeness (QED) is 0.548. The van der Waals surface area contributed by atoms with Gasteiger partial charge in [-0.2, -0.15) is 0 Å². The Morgan fingerprint density at radius 2 is 1.68 bits per heavy atom. The molecule has 2 heterocycles. The van der Waals surface area contributed by atoms with Crippen LogP contribution < -0.4 is 11.2 Å². The van der Waals surface area contributed by atoms with Gasteiger partial charge in [-0.3, -0.25) is 9.36 Å². The molecule has 0 N–H and O–H groups in total.